The molecule has 2 aromatic carbocycles. The number of carbonyl (C=O) groups excluding carboxylic acids is 1. The van der Waals surface area contributed by atoms with Crippen molar-refractivity contribution in [3.63, 3.8) is 0 Å². The fraction of sp³-hybridized carbons (Fsp3) is 0.182. The van der Waals surface area contributed by atoms with Gasteiger partial charge in [0.05, 0.1) is 26.5 Å². The molecule has 0 fully saturated rings. The molecule has 4 aromatic rings. The molecule has 0 aliphatic rings. The Balaban J connectivity index is 1.43. The third-order valence-electron chi connectivity index (χ3n) is 4.50. The quantitative estimate of drug-likeness (QED) is 0.327. The summed E-state index contributed by atoms with van der Waals surface area (Å²) in [4.78, 5) is 17.3. The van der Waals surface area contributed by atoms with Gasteiger partial charge in [-0.3, -0.25) is 4.79 Å². The van der Waals surface area contributed by atoms with Crippen LogP contribution in [0.3, 0.4) is 0 Å². The topological polar surface area (TPSA) is 91.7 Å². The summed E-state index contributed by atoms with van der Waals surface area (Å²) in [5.74, 6) is 1.26. The minimum Gasteiger partial charge on any atom is -0.497 e. The van der Waals surface area contributed by atoms with Gasteiger partial charge in [-0.15, -0.1) is 21.5 Å². The molecule has 8 nitrogen and oxygen atoms in total. The first-order valence-corrected chi connectivity index (χ1v) is 11.9. The van der Waals surface area contributed by atoms with Crippen LogP contribution in [-0.2, 0) is 11.3 Å². The molecule has 33 heavy (non-hydrogen) atoms. The maximum Gasteiger partial charge on any atom is 0.277 e. The molecule has 0 radical (unpaired) electrons. The van der Waals surface area contributed by atoms with Crippen LogP contribution >= 0.6 is 34.7 Å². The second kappa shape index (κ2) is 10.7. The number of halogens is 1. The van der Waals surface area contributed by atoms with Gasteiger partial charge in [-0.2, -0.15) is 4.99 Å². The smallest absolute Gasteiger partial charge is 0.277 e. The lowest BCUT2D eigenvalue weighted by atomic mass is 10.2. The van der Waals surface area contributed by atoms with Crippen molar-refractivity contribution in [2.75, 3.05) is 20.0 Å². The molecule has 0 spiro atoms. The molecule has 11 heteroatoms. The van der Waals surface area contributed by atoms with Gasteiger partial charge in [0, 0.05) is 28.2 Å². The number of amides is 1. The zero-order valence-electron chi connectivity index (χ0n) is 17.7. The molecule has 0 aliphatic carbocycles. The first-order valence-electron chi connectivity index (χ1n) is 9.70. The third-order valence-corrected chi connectivity index (χ3v) is 6.47. The lowest BCUT2D eigenvalue weighted by Gasteiger charge is -2.05. The first kappa shape index (κ1) is 23.1. The summed E-state index contributed by atoms with van der Waals surface area (Å²) in [6.45, 7) is 0.527. The van der Waals surface area contributed by atoms with Crippen molar-refractivity contribution in [2.45, 2.75) is 11.8 Å². The van der Waals surface area contributed by atoms with Crippen LogP contribution in [0.15, 0.2) is 68.7 Å². The van der Waals surface area contributed by atoms with Crippen molar-refractivity contribution in [2.24, 2.45) is 4.99 Å². The van der Waals surface area contributed by atoms with Gasteiger partial charge < -0.3 is 18.5 Å². The van der Waals surface area contributed by atoms with Gasteiger partial charge in [0.15, 0.2) is 4.80 Å². The molecule has 0 N–H and O–H groups in total. The fourth-order valence-electron chi connectivity index (χ4n) is 2.90. The Morgan fingerprint density at radius 2 is 1.94 bits per heavy atom. The van der Waals surface area contributed by atoms with E-state index in [0.717, 1.165) is 17.3 Å². The van der Waals surface area contributed by atoms with Crippen LogP contribution in [0.25, 0.3) is 11.5 Å². The lowest BCUT2D eigenvalue weighted by Crippen LogP contribution is -2.17. The van der Waals surface area contributed by atoms with Gasteiger partial charge in [0.1, 0.15) is 11.5 Å². The molecular formula is C22H19ClN4O4S2. The molecule has 0 bridgehead atoms. The van der Waals surface area contributed by atoms with Crippen LogP contribution in [0.4, 0.5) is 0 Å². The summed E-state index contributed by atoms with van der Waals surface area (Å²) in [5, 5.41) is 10.9. The first-order chi connectivity index (χ1) is 16.1. The summed E-state index contributed by atoms with van der Waals surface area (Å²) in [7, 11) is 3.13. The number of aromatic nitrogens is 3. The van der Waals surface area contributed by atoms with Gasteiger partial charge in [-0.25, -0.2) is 0 Å². The number of hydrogen-bond donors (Lipinski definition) is 0. The normalized spacial score (nSPS) is 11.5. The largest absolute Gasteiger partial charge is 0.497 e. The number of hydrogen-bond acceptors (Lipinski definition) is 8. The summed E-state index contributed by atoms with van der Waals surface area (Å²) >= 11 is 8.76. The van der Waals surface area contributed by atoms with E-state index in [-0.39, 0.29) is 16.9 Å². The van der Waals surface area contributed by atoms with E-state index in [9.17, 15) is 4.79 Å². The van der Waals surface area contributed by atoms with E-state index in [1.807, 2.05) is 40.4 Å². The summed E-state index contributed by atoms with van der Waals surface area (Å²) in [6.07, 6.45) is 1.87. The second-order valence-electron chi connectivity index (χ2n) is 6.67. The minimum atomic E-state index is -0.307. The van der Waals surface area contributed by atoms with E-state index in [2.05, 4.69) is 15.2 Å². The van der Waals surface area contributed by atoms with Crippen molar-refractivity contribution in [1.82, 2.24) is 14.8 Å². The van der Waals surface area contributed by atoms with Crippen molar-refractivity contribution in [1.29, 1.82) is 0 Å². The predicted molar refractivity (Wildman–Crippen MR) is 127 cm³/mol. The molecule has 0 saturated heterocycles. The molecule has 0 saturated carbocycles. The standard InChI is InChI=1S/C22H19ClN4O4S2/c1-29-16-9-15(10-17(11-16)30-2)20-25-26-22(31-20)33-13-19(28)24-21-27(7-8-32-21)12-14-5-3-4-6-18(14)23/h3-11H,12-13H2,1-2H3. The number of carbonyl (C=O) groups is 1. The molecule has 4 rings (SSSR count). The molecular weight excluding hydrogens is 484 g/mol. The molecule has 2 aromatic heterocycles. The van der Waals surface area contributed by atoms with Crippen LogP contribution in [0.1, 0.15) is 5.56 Å². The average Bonchev–Trinajstić information content (AvgIpc) is 3.48. The van der Waals surface area contributed by atoms with Crippen molar-refractivity contribution >= 4 is 40.6 Å². The van der Waals surface area contributed by atoms with Gasteiger partial charge in [0.25, 0.3) is 11.1 Å². The highest BCUT2D eigenvalue weighted by Crippen LogP contribution is 2.30. The number of thiazole rings is 1. The van der Waals surface area contributed by atoms with Crippen molar-refractivity contribution < 1.29 is 18.7 Å². The highest BCUT2D eigenvalue weighted by Gasteiger charge is 2.13. The second-order valence-corrected chi connectivity index (χ2v) is 8.88. The van der Waals surface area contributed by atoms with Crippen LogP contribution in [0.2, 0.25) is 5.02 Å². The highest BCUT2D eigenvalue weighted by atomic mass is 35.5. The lowest BCUT2D eigenvalue weighted by molar-refractivity contribution is -0.115. The number of thioether (sulfide) groups is 1. The number of methoxy groups -OCH3 is 2. The van der Waals surface area contributed by atoms with Crippen LogP contribution in [0, 0.1) is 0 Å². The predicted octanol–water partition coefficient (Wildman–Crippen LogP) is 4.54. The minimum absolute atomic E-state index is 0.0626. The van der Waals surface area contributed by atoms with E-state index < -0.39 is 0 Å². The van der Waals surface area contributed by atoms with Crippen LogP contribution < -0.4 is 14.3 Å². The van der Waals surface area contributed by atoms with Gasteiger partial charge in [0.2, 0.25) is 5.89 Å². The zero-order valence-corrected chi connectivity index (χ0v) is 20.1. The average molecular weight is 503 g/mol. The summed E-state index contributed by atoms with van der Waals surface area (Å²) in [6, 6.07) is 12.9. The van der Waals surface area contributed by atoms with Gasteiger partial charge in [-0.1, -0.05) is 41.6 Å². The molecule has 0 aliphatic heterocycles. The van der Waals surface area contributed by atoms with Gasteiger partial charge >= 0.3 is 0 Å². The Labute approximate surface area is 202 Å². The van der Waals surface area contributed by atoms with E-state index >= 15 is 0 Å². The monoisotopic (exact) mass is 502 g/mol. The Morgan fingerprint density at radius 3 is 2.67 bits per heavy atom. The number of ether oxygens (including phenoxy) is 2. The van der Waals surface area contributed by atoms with Crippen LogP contribution in [-0.4, -0.2) is 40.6 Å². The Hall–Kier alpha value is -3.08. The Morgan fingerprint density at radius 1 is 1.18 bits per heavy atom. The molecule has 2 heterocycles. The number of rotatable bonds is 8. The Bertz CT molecular complexity index is 1310. The summed E-state index contributed by atoms with van der Waals surface area (Å²) in [5.41, 5.74) is 1.61. The maximum atomic E-state index is 12.5. The maximum absolute atomic E-state index is 12.5. The molecule has 0 unspecified atom stereocenters. The van der Waals surface area contributed by atoms with E-state index in [1.165, 1.54) is 11.3 Å². The zero-order chi connectivity index (χ0) is 23.2. The Kier molecular flexibility index (Phi) is 7.48. The van der Waals surface area contributed by atoms with Crippen molar-refractivity contribution in [3.8, 4) is 23.0 Å². The van der Waals surface area contributed by atoms with E-state index in [1.54, 1.807) is 32.4 Å². The third kappa shape index (κ3) is 5.84. The SMILES string of the molecule is COc1cc(OC)cc(-c2nnc(SCC(=O)N=c3sccn3Cc3ccccc3Cl)o2)c1. The van der Waals surface area contributed by atoms with Crippen LogP contribution in [0.5, 0.6) is 11.5 Å². The fourth-order valence-corrected chi connectivity index (χ4v) is 4.38. The van der Waals surface area contributed by atoms with Gasteiger partial charge in [-0.05, 0) is 23.8 Å². The van der Waals surface area contributed by atoms with E-state index in [4.69, 9.17) is 25.5 Å². The molecule has 170 valence electrons. The van der Waals surface area contributed by atoms with E-state index in [0.29, 0.717) is 39.3 Å². The highest BCUT2D eigenvalue weighted by molar-refractivity contribution is 7.99. The number of nitrogens with zero attached hydrogens (tertiary/aromatic N) is 4. The molecule has 0 atom stereocenters. The van der Waals surface area contributed by atoms with Crippen molar-refractivity contribution in [3.05, 3.63) is 69.4 Å². The summed E-state index contributed by atoms with van der Waals surface area (Å²) < 4.78 is 18.1. The number of benzene rings is 2. The molecule has 1 amide bonds.